The van der Waals surface area contributed by atoms with Gasteiger partial charge in [0.1, 0.15) is 0 Å². The largest absolute Gasteiger partial charge is 0.392 e. The number of pyridine rings is 1. The molecule has 1 aromatic heterocycles. The van der Waals surface area contributed by atoms with E-state index in [0.717, 1.165) is 6.42 Å². The molecule has 5 nitrogen and oxygen atoms in total. The van der Waals surface area contributed by atoms with Crippen LogP contribution in [0.5, 0.6) is 0 Å². The maximum Gasteiger partial charge on any atom is 0.260 e. The number of aromatic nitrogens is 1. The highest BCUT2D eigenvalue weighted by Gasteiger charge is 2.26. The summed E-state index contributed by atoms with van der Waals surface area (Å²) in [5, 5.41) is 8.94. The van der Waals surface area contributed by atoms with E-state index in [0.29, 0.717) is 18.7 Å². The molecule has 18 heavy (non-hydrogen) atoms. The van der Waals surface area contributed by atoms with Crippen LogP contribution in [-0.2, 0) is 16.6 Å². The zero-order chi connectivity index (χ0) is 13.2. The van der Waals surface area contributed by atoms with Gasteiger partial charge >= 0.3 is 0 Å². The number of hydrogen-bond acceptors (Lipinski definition) is 4. The van der Waals surface area contributed by atoms with Gasteiger partial charge in [0.2, 0.25) is 0 Å². The van der Waals surface area contributed by atoms with Crippen LogP contribution in [0, 0.1) is 0 Å². The van der Waals surface area contributed by atoms with Crippen molar-refractivity contribution in [1.82, 2.24) is 9.29 Å². The second-order valence-electron chi connectivity index (χ2n) is 4.33. The standard InChI is InChI=1S/C12H16N2O3S/c1-10-4-6-14(7-5-10)18(16,17)12-3-2-11(9-15)8-13-12/h2-4,8,15H,5-7,9H2,1H3. The van der Waals surface area contributed by atoms with Crippen LogP contribution in [-0.4, -0.2) is 35.9 Å². The highest BCUT2D eigenvalue weighted by atomic mass is 32.2. The minimum Gasteiger partial charge on any atom is -0.392 e. The Bertz CT molecular complexity index is 549. The van der Waals surface area contributed by atoms with Crippen LogP contribution < -0.4 is 0 Å². The molecule has 0 aromatic carbocycles. The molecule has 1 N–H and O–H groups in total. The maximum absolute atomic E-state index is 12.3. The molecule has 0 bridgehead atoms. The first-order valence-corrected chi connectivity index (χ1v) is 7.19. The highest BCUT2D eigenvalue weighted by Crippen LogP contribution is 2.18. The molecular weight excluding hydrogens is 252 g/mol. The van der Waals surface area contributed by atoms with Crippen LogP contribution >= 0.6 is 0 Å². The van der Waals surface area contributed by atoms with E-state index in [4.69, 9.17) is 5.11 Å². The summed E-state index contributed by atoms with van der Waals surface area (Å²) in [7, 11) is -3.51. The van der Waals surface area contributed by atoms with Gasteiger partial charge in [-0.3, -0.25) is 0 Å². The molecule has 0 aliphatic carbocycles. The van der Waals surface area contributed by atoms with Gasteiger partial charge in [0.05, 0.1) is 6.61 Å². The molecule has 0 fully saturated rings. The molecule has 0 saturated heterocycles. The Hall–Kier alpha value is -1.24. The van der Waals surface area contributed by atoms with Crippen LogP contribution in [0.4, 0.5) is 0 Å². The van der Waals surface area contributed by atoms with Crippen LogP contribution in [0.3, 0.4) is 0 Å². The van der Waals surface area contributed by atoms with Gasteiger partial charge in [-0.05, 0) is 25.0 Å². The lowest BCUT2D eigenvalue weighted by molar-refractivity contribution is 0.281. The van der Waals surface area contributed by atoms with Crippen molar-refractivity contribution in [3.8, 4) is 0 Å². The molecule has 1 aromatic rings. The molecule has 0 unspecified atom stereocenters. The number of aliphatic hydroxyl groups excluding tert-OH is 1. The molecule has 1 aliphatic rings. The number of aliphatic hydroxyl groups is 1. The molecule has 98 valence electrons. The van der Waals surface area contributed by atoms with E-state index in [1.54, 1.807) is 6.07 Å². The topological polar surface area (TPSA) is 70.5 Å². The fraction of sp³-hybridized carbons (Fsp3) is 0.417. The lowest BCUT2D eigenvalue weighted by Gasteiger charge is -2.24. The van der Waals surface area contributed by atoms with E-state index >= 15 is 0 Å². The SMILES string of the molecule is CC1=CCN(S(=O)(=O)c2ccc(CO)cn2)CC1. The summed E-state index contributed by atoms with van der Waals surface area (Å²) in [6.45, 7) is 2.75. The predicted molar refractivity (Wildman–Crippen MR) is 67.3 cm³/mol. The summed E-state index contributed by atoms with van der Waals surface area (Å²) in [6, 6.07) is 3.01. The van der Waals surface area contributed by atoms with E-state index in [-0.39, 0.29) is 11.6 Å². The Morgan fingerprint density at radius 3 is 2.72 bits per heavy atom. The molecule has 0 radical (unpaired) electrons. The van der Waals surface area contributed by atoms with Gasteiger partial charge in [-0.1, -0.05) is 17.7 Å². The van der Waals surface area contributed by atoms with E-state index in [2.05, 4.69) is 4.98 Å². The molecule has 0 atom stereocenters. The first kappa shape index (κ1) is 13.2. The van der Waals surface area contributed by atoms with Crippen LogP contribution in [0.2, 0.25) is 0 Å². The third-order valence-corrected chi connectivity index (χ3v) is 4.76. The first-order chi connectivity index (χ1) is 8.54. The quantitative estimate of drug-likeness (QED) is 0.827. The first-order valence-electron chi connectivity index (χ1n) is 5.75. The van der Waals surface area contributed by atoms with E-state index < -0.39 is 10.0 Å². The Balaban J connectivity index is 2.25. The van der Waals surface area contributed by atoms with Crippen molar-refractivity contribution in [1.29, 1.82) is 0 Å². The second kappa shape index (κ2) is 5.17. The Labute approximate surface area is 107 Å². The van der Waals surface area contributed by atoms with Gasteiger partial charge in [0.15, 0.2) is 5.03 Å². The van der Waals surface area contributed by atoms with Gasteiger partial charge in [-0.2, -0.15) is 4.31 Å². The Morgan fingerprint density at radius 1 is 1.44 bits per heavy atom. The lowest BCUT2D eigenvalue weighted by atomic mass is 10.1. The molecule has 0 saturated carbocycles. The van der Waals surface area contributed by atoms with Gasteiger partial charge in [-0.25, -0.2) is 13.4 Å². The Morgan fingerprint density at radius 2 is 2.22 bits per heavy atom. The molecule has 2 rings (SSSR count). The van der Waals surface area contributed by atoms with Crippen molar-refractivity contribution in [2.75, 3.05) is 13.1 Å². The van der Waals surface area contributed by atoms with E-state index in [1.165, 1.54) is 22.1 Å². The normalized spacial score (nSPS) is 17.6. The van der Waals surface area contributed by atoms with Crippen molar-refractivity contribution < 1.29 is 13.5 Å². The number of hydrogen-bond donors (Lipinski definition) is 1. The highest BCUT2D eigenvalue weighted by molar-refractivity contribution is 7.89. The maximum atomic E-state index is 12.3. The second-order valence-corrected chi connectivity index (χ2v) is 6.21. The lowest BCUT2D eigenvalue weighted by Crippen LogP contribution is -2.35. The fourth-order valence-corrected chi connectivity index (χ4v) is 3.05. The van der Waals surface area contributed by atoms with Crippen molar-refractivity contribution in [3.05, 3.63) is 35.5 Å². The fourth-order valence-electron chi connectivity index (χ4n) is 1.76. The number of rotatable bonds is 3. The summed E-state index contributed by atoms with van der Waals surface area (Å²) in [4.78, 5) is 3.91. The van der Waals surface area contributed by atoms with Crippen LogP contribution in [0.25, 0.3) is 0 Å². The molecule has 6 heteroatoms. The van der Waals surface area contributed by atoms with Gasteiger partial charge in [0.25, 0.3) is 10.0 Å². The van der Waals surface area contributed by atoms with E-state index in [9.17, 15) is 8.42 Å². The smallest absolute Gasteiger partial charge is 0.260 e. The monoisotopic (exact) mass is 268 g/mol. The Kier molecular flexibility index (Phi) is 3.79. The zero-order valence-electron chi connectivity index (χ0n) is 10.2. The third-order valence-electron chi connectivity index (χ3n) is 2.98. The molecule has 2 heterocycles. The summed E-state index contributed by atoms with van der Waals surface area (Å²) in [5.41, 5.74) is 1.81. The summed E-state index contributed by atoms with van der Waals surface area (Å²) < 4.78 is 25.9. The predicted octanol–water partition coefficient (Wildman–Crippen LogP) is 0.915. The number of nitrogens with zero attached hydrogens (tertiary/aromatic N) is 2. The van der Waals surface area contributed by atoms with Gasteiger partial charge in [-0.15, -0.1) is 0 Å². The summed E-state index contributed by atoms with van der Waals surface area (Å²) >= 11 is 0. The van der Waals surface area contributed by atoms with Gasteiger partial charge < -0.3 is 5.11 Å². The van der Waals surface area contributed by atoms with Crippen molar-refractivity contribution in [2.45, 2.75) is 25.0 Å². The summed E-state index contributed by atoms with van der Waals surface area (Å²) in [5.74, 6) is 0. The van der Waals surface area contributed by atoms with E-state index in [1.807, 2.05) is 13.0 Å². The van der Waals surface area contributed by atoms with Crippen LogP contribution in [0.1, 0.15) is 18.9 Å². The molecular formula is C12H16N2O3S. The van der Waals surface area contributed by atoms with Gasteiger partial charge in [0, 0.05) is 19.3 Å². The zero-order valence-corrected chi connectivity index (χ0v) is 11.0. The number of sulfonamides is 1. The van der Waals surface area contributed by atoms with Crippen molar-refractivity contribution >= 4 is 10.0 Å². The molecule has 0 amide bonds. The minimum absolute atomic E-state index is 0.0349. The molecule has 0 spiro atoms. The average molecular weight is 268 g/mol. The van der Waals surface area contributed by atoms with Crippen molar-refractivity contribution in [2.24, 2.45) is 0 Å². The molecule has 1 aliphatic heterocycles. The average Bonchev–Trinajstić information content (AvgIpc) is 2.39. The van der Waals surface area contributed by atoms with Crippen LogP contribution in [0.15, 0.2) is 35.0 Å². The summed E-state index contributed by atoms with van der Waals surface area (Å²) in [6.07, 6.45) is 4.06. The van der Waals surface area contributed by atoms with Crippen molar-refractivity contribution in [3.63, 3.8) is 0 Å². The minimum atomic E-state index is -3.51. The third kappa shape index (κ3) is 2.60.